The number of hydrogen-bond donors (Lipinski definition) is 1. The first-order chi connectivity index (χ1) is 6.07. The van der Waals surface area contributed by atoms with E-state index in [-0.39, 0.29) is 19.2 Å². The van der Waals surface area contributed by atoms with Gasteiger partial charge in [-0.3, -0.25) is 0 Å². The summed E-state index contributed by atoms with van der Waals surface area (Å²) in [7, 11) is 3.68. The van der Waals surface area contributed by atoms with Crippen LogP contribution < -0.4 is 0 Å². The molecule has 76 valence electrons. The van der Waals surface area contributed by atoms with Crippen LogP contribution in [0.2, 0.25) is 0 Å². The molecule has 0 aliphatic heterocycles. The molecule has 0 saturated carbocycles. The van der Waals surface area contributed by atoms with Gasteiger partial charge < -0.3 is 14.7 Å². The second-order valence-corrected chi connectivity index (χ2v) is 2.99. The van der Waals surface area contributed by atoms with E-state index in [0.717, 1.165) is 0 Å². The Morgan fingerprint density at radius 1 is 1.54 bits per heavy atom. The fraction of sp³-hybridized carbons (Fsp3) is 0.667. The van der Waals surface area contributed by atoms with E-state index in [1.807, 2.05) is 14.1 Å². The van der Waals surface area contributed by atoms with E-state index in [4.69, 9.17) is 9.84 Å². The van der Waals surface area contributed by atoms with E-state index in [1.165, 1.54) is 0 Å². The zero-order valence-electron chi connectivity index (χ0n) is 8.41. The molecule has 0 aromatic carbocycles. The Bertz CT molecular complexity index is 187. The summed E-state index contributed by atoms with van der Waals surface area (Å²) in [5.41, 5.74) is 0.558. The fourth-order valence-corrected chi connectivity index (χ4v) is 0.783. The molecule has 0 aliphatic rings. The van der Waals surface area contributed by atoms with Crippen LogP contribution in [0, 0.1) is 0 Å². The maximum atomic E-state index is 11.2. The molecule has 0 aromatic rings. The first-order valence-electron chi connectivity index (χ1n) is 4.20. The third-order valence-electron chi connectivity index (χ3n) is 1.31. The van der Waals surface area contributed by atoms with Crippen molar-refractivity contribution >= 4 is 5.97 Å². The number of carbonyl (C=O) groups excluding carboxylic acids is 1. The van der Waals surface area contributed by atoms with Gasteiger partial charge >= 0.3 is 5.97 Å². The zero-order valence-corrected chi connectivity index (χ0v) is 8.41. The Labute approximate surface area is 78.8 Å². The average molecular weight is 187 g/mol. The van der Waals surface area contributed by atoms with Gasteiger partial charge in [-0.05, 0) is 6.92 Å². The lowest BCUT2D eigenvalue weighted by Crippen LogP contribution is -2.11. The predicted molar refractivity (Wildman–Crippen MR) is 50.1 cm³/mol. The number of esters is 1. The Kier molecular flexibility index (Phi) is 5.97. The molecule has 0 fully saturated rings. The molecule has 0 atom stereocenters. The van der Waals surface area contributed by atoms with Gasteiger partial charge in [0.15, 0.2) is 0 Å². The number of nitrogens with zero attached hydrogens (tertiary/aromatic N) is 1. The quantitative estimate of drug-likeness (QED) is 0.384. The minimum absolute atomic E-state index is 0.0454. The van der Waals surface area contributed by atoms with Gasteiger partial charge in [0.2, 0.25) is 0 Å². The van der Waals surface area contributed by atoms with Crippen molar-refractivity contribution in [1.29, 1.82) is 0 Å². The molecule has 0 radical (unpaired) electrons. The van der Waals surface area contributed by atoms with Crippen LogP contribution in [0.1, 0.15) is 13.3 Å². The van der Waals surface area contributed by atoms with Crippen molar-refractivity contribution < 1.29 is 14.6 Å². The molecule has 13 heavy (non-hydrogen) atoms. The molecule has 0 unspecified atom stereocenters. The number of ether oxygens (including phenoxy) is 1. The molecule has 0 amide bonds. The number of aliphatic hydroxyl groups is 1. The molecule has 0 bridgehead atoms. The summed E-state index contributed by atoms with van der Waals surface area (Å²) in [6, 6.07) is 0. The van der Waals surface area contributed by atoms with Gasteiger partial charge in [-0.1, -0.05) is 0 Å². The van der Waals surface area contributed by atoms with E-state index in [1.54, 1.807) is 18.0 Å². The van der Waals surface area contributed by atoms with Crippen molar-refractivity contribution in [1.82, 2.24) is 4.90 Å². The van der Waals surface area contributed by atoms with Crippen molar-refractivity contribution in [3.05, 3.63) is 11.8 Å². The topological polar surface area (TPSA) is 49.8 Å². The van der Waals surface area contributed by atoms with E-state index in [9.17, 15) is 4.79 Å². The zero-order chi connectivity index (χ0) is 10.3. The van der Waals surface area contributed by atoms with Crippen LogP contribution >= 0.6 is 0 Å². The Morgan fingerprint density at radius 2 is 2.15 bits per heavy atom. The van der Waals surface area contributed by atoms with Gasteiger partial charge in [-0.2, -0.15) is 0 Å². The lowest BCUT2D eigenvalue weighted by atomic mass is 10.3. The smallest absolute Gasteiger partial charge is 0.335 e. The highest BCUT2D eigenvalue weighted by Gasteiger charge is 2.04. The minimum atomic E-state index is -0.331. The van der Waals surface area contributed by atoms with Crippen LogP contribution in [0.15, 0.2) is 11.8 Å². The molecule has 0 heterocycles. The van der Waals surface area contributed by atoms with E-state index in [0.29, 0.717) is 12.0 Å². The SMILES string of the molecule is CC(=CN(C)C)C(=O)OCCCO. The molecule has 1 N–H and O–H groups in total. The highest BCUT2D eigenvalue weighted by Crippen LogP contribution is 1.98. The minimum Gasteiger partial charge on any atom is -0.462 e. The van der Waals surface area contributed by atoms with Gasteiger partial charge in [0.05, 0.1) is 6.61 Å². The summed E-state index contributed by atoms with van der Waals surface area (Å²) in [4.78, 5) is 12.9. The standard InChI is InChI=1S/C9H17NO3/c1-8(7-10(2)3)9(12)13-6-4-5-11/h7,11H,4-6H2,1-3H3. The van der Waals surface area contributed by atoms with Crippen LogP contribution in [0.25, 0.3) is 0 Å². The average Bonchev–Trinajstić information content (AvgIpc) is 2.03. The summed E-state index contributed by atoms with van der Waals surface area (Å²) in [6.45, 7) is 2.01. The van der Waals surface area contributed by atoms with Gasteiger partial charge in [0.25, 0.3) is 0 Å². The maximum absolute atomic E-state index is 11.2. The summed E-state index contributed by atoms with van der Waals surface area (Å²) in [5.74, 6) is -0.331. The summed E-state index contributed by atoms with van der Waals surface area (Å²) >= 11 is 0. The Hall–Kier alpha value is -1.03. The molecule has 0 spiro atoms. The summed E-state index contributed by atoms with van der Waals surface area (Å²) in [5, 5.41) is 8.45. The Balaban J connectivity index is 3.83. The van der Waals surface area contributed by atoms with Crippen molar-refractivity contribution in [3.8, 4) is 0 Å². The van der Waals surface area contributed by atoms with Gasteiger partial charge in [-0.25, -0.2) is 4.79 Å². The van der Waals surface area contributed by atoms with Crippen LogP contribution in [0.5, 0.6) is 0 Å². The molecular formula is C9H17NO3. The lowest BCUT2D eigenvalue weighted by molar-refractivity contribution is -0.139. The number of aliphatic hydroxyl groups excluding tert-OH is 1. The van der Waals surface area contributed by atoms with Crippen molar-refractivity contribution in [2.75, 3.05) is 27.3 Å². The second-order valence-electron chi connectivity index (χ2n) is 2.99. The highest BCUT2D eigenvalue weighted by molar-refractivity contribution is 5.87. The van der Waals surface area contributed by atoms with Gasteiger partial charge in [0.1, 0.15) is 0 Å². The second kappa shape index (κ2) is 6.48. The maximum Gasteiger partial charge on any atom is 0.335 e. The first kappa shape index (κ1) is 12.0. The molecule has 0 rings (SSSR count). The third kappa shape index (κ3) is 6.16. The third-order valence-corrected chi connectivity index (χ3v) is 1.31. The molecule has 0 aromatic heterocycles. The van der Waals surface area contributed by atoms with Gasteiger partial charge in [-0.15, -0.1) is 0 Å². The van der Waals surface area contributed by atoms with Crippen molar-refractivity contribution in [2.45, 2.75) is 13.3 Å². The monoisotopic (exact) mass is 187 g/mol. The van der Waals surface area contributed by atoms with E-state index in [2.05, 4.69) is 0 Å². The van der Waals surface area contributed by atoms with Crippen molar-refractivity contribution in [2.24, 2.45) is 0 Å². The van der Waals surface area contributed by atoms with E-state index >= 15 is 0 Å². The van der Waals surface area contributed by atoms with Crippen LogP contribution in [-0.4, -0.2) is 43.3 Å². The molecule has 4 nitrogen and oxygen atoms in total. The first-order valence-corrected chi connectivity index (χ1v) is 4.20. The Morgan fingerprint density at radius 3 is 2.62 bits per heavy atom. The van der Waals surface area contributed by atoms with E-state index < -0.39 is 0 Å². The summed E-state index contributed by atoms with van der Waals surface area (Å²) in [6.07, 6.45) is 2.18. The molecule has 4 heteroatoms. The molecular weight excluding hydrogens is 170 g/mol. The lowest BCUT2D eigenvalue weighted by Gasteiger charge is -2.07. The van der Waals surface area contributed by atoms with Crippen molar-refractivity contribution in [3.63, 3.8) is 0 Å². The largest absolute Gasteiger partial charge is 0.462 e. The van der Waals surface area contributed by atoms with Gasteiger partial charge in [0, 0.05) is 38.9 Å². The molecule has 0 aliphatic carbocycles. The summed E-state index contributed by atoms with van der Waals surface area (Å²) < 4.78 is 4.85. The van der Waals surface area contributed by atoms with Crippen LogP contribution in [0.4, 0.5) is 0 Å². The molecule has 0 saturated heterocycles. The fourth-order valence-electron chi connectivity index (χ4n) is 0.783. The number of carbonyl (C=O) groups is 1. The predicted octanol–water partition coefficient (Wildman–Crippen LogP) is 0.377. The number of rotatable bonds is 5. The normalized spacial score (nSPS) is 11.2. The number of hydrogen-bond acceptors (Lipinski definition) is 4. The van der Waals surface area contributed by atoms with Crippen LogP contribution in [-0.2, 0) is 9.53 Å². The highest BCUT2D eigenvalue weighted by atomic mass is 16.5. The van der Waals surface area contributed by atoms with Crippen LogP contribution in [0.3, 0.4) is 0 Å².